The van der Waals surface area contributed by atoms with Gasteiger partial charge in [-0.05, 0) is 42.3 Å². The molecule has 0 unspecified atom stereocenters. The largest absolute Gasteiger partial charge is 0.354 e. The highest BCUT2D eigenvalue weighted by atomic mass is 16.2. The topological polar surface area (TPSA) is 69.7 Å². The molecule has 0 radical (unpaired) electrons. The number of benzene rings is 3. The van der Waals surface area contributed by atoms with Gasteiger partial charge >= 0.3 is 0 Å². The minimum Gasteiger partial charge on any atom is -0.354 e. The van der Waals surface area contributed by atoms with Crippen LogP contribution in [0, 0.1) is 12.8 Å². The maximum atomic E-state index is 13.8. The van der Waals surface area contributed by atoms with Crippen molar-refractivity contribution in [1.82, 2.24) is 10.2 Å². The zero-order chi connectivity index (χ0) is 25.1. The maximum Gasteiger partial charge on any atom is 0.259 e. The van der Waals surface area contributed by atoms with Gasteiger partial charge in [-0.2, -0.15) is 0 Å². The molecule has 0 saturated heterocycles. The first-order valence-corrected chi connectivity index (χ1v) is 12.3. The van der Waals surface area contributed by atoms with Crippen molar-refractivity contribution in [3.63, 3.8) is 0 Å². The summed E-state index contributed by atoms with van der Waals surface area (Å²) in [6.45, 7) is 8.71. The third-order valence-electron chi connectivity index (χ3n) is 6.45. The van der Waals surface area contributed by atoms with Gasteiger partial charge < -0.3 is 10.2 Å². The lowest BCUT2D eigenvalue weighted by Crippen LogP contribution is -2.52. The molecule has 0 aliphatic carbocycles. The number of rotatable bonds is 9. The number of amides is 3. The highest BCUT2D eigenvalue weighted by Gasteiger charge is 2.35. The Morgan fingerprint density at radius 1 is 1.03 bits per heavy atom. The molecule has 0 fully saturated rings. The maximum absolute atomic E-state index is 13.8. The molecule has 3 aromatic carbocycles. The number of aryl methyl sites for hydroxylation is 1. The summed E-state index contributed by atoms with van der Waals surface area (Å²) in [6.07, 6.45) is 0.477. The lowest BCUT2D eigenvalue weighted by Gasteiger charge is -2.32. The molecule has 4 rings (SSSR count). The van der Waals surface area contributed by atoms with E-state index in [4.69, 9.17) is 0 Å². The summed E-state index contributed by atoms with van der Waals surface area (Å²) in [4.78, 5) is 43.4. The Morgan fingerprint density at radius 3 is 2.43 bits per heavy atom. The van der Waals surface area contributed by atoms with Gasteiger partial charge in [0.25, 0.3) is 5.91 Å². The smallest absolute Gasteiger partial charge is 0.259 e. The highest BCUT2D eigenvalue weighted by molar-refractivity contribution is 6.26. The summed E-state index contributed by atoms with van der Waals surface area (Å²) in [5.41, 5.74) is 3.39. The van der Waals surface area contributed by atoms with Crippen molar-refractivity contribution in [1.29, 1.82) is 0 Å². The number of anilines is 1. The summed E-state index contributed by atoms with van der Waals surface area (Å²) in [6, 6.07) is 18.7. The van der Waals surface area contributed by atoms with E-state index in [1.807, 2.05) is 82.3 Å². The van der Waals surface area contributed by atoms with Gasteiger partial charge in [0.2, 0.25) is 11.8 Å². The molecule has 35 heavy (non-hydrogen) atoms. The molecule has 0 saturated carbocycles. The fraction of sp³-hybridized carbons (Fsp3) is 0.345. The normalized spacial score (nSPS) is 13.4. The first-order valence-electron chi connectivity index (χ1n) is 12.3. The summed E-state index contributed by atoms with van der Waals surface area (Å²) in [7, 11) is 0. The molecule has 1 aliphatic rings. The van der Waals surface area contributed by atoms with Crippen LogP contribution >= 0.6 is 0 Å². The zero-order valence-electron chi connectivity index (χ0n) is 20.9. The number of carbonyl (C=O) groups is 3. The first-order chi connectivity index (χ1) is 16.8. The summed E-state index contributed by atoms with van der Waals surface area (Å²) >= 11 is 0. The van der Waals surface area contributed by atoms with E-state index in [0.717, 1.165) is 27.6 Å². The Morgan fingerprint density at radius 2 is 1.74 bits per heavy atom. The van der Waals surface area contributed by atoms with Crippen molar-refractivity contribution >= 4 is 34.2 Å². The molecule has 0 bridgehead atoms. The minimum atomic E-state index is -0.627. The second-order valence-corrected chi connectivity index (χ2v) is 9.65. The van der Waals surface area contributed by atoms with E-state index >= 15 is 0 Å². The minimum absolute atomic E-state index is 0.119. The van der Waals surface area contributed by atoms with Crippen LogP contribution < -0.4 is 10.2 Å². The van der Waals surface area contributed by atoms with Crippen LogP contribution in [0.1, 0.15) is 48.7 Å². The van der Waals surface area contributed by atoms with E-state index in [-0.39, 0.29) is 24.3 Å². The third kappa shape index (κ3) is 5.06. The van der Waals surface area contributed by atoms with Crippen LogP contribution in [-0.4, -0.2) is 41.8 Å². The third-order valence-corrected chi connectivity index (χ3v) is 6.45. The van der Waals surface area contributed by atoms with Crippen LogP contribution in [0.5, 0.6) is 0 Å². The van der Waals surface area contributed by atoms with Gasteiger partial charge in [-0.3, -0.25) is 19.3 Å². The van der Waals surface area contributed by atoms with E-state index in [0.29, 0.717) is 31.0 Å². The van der Waals surface area contributed by atoms with Crippen molar-refractivity contribution in [2.75, 3.05) is 18.0 Å². The lowest BCUT2D eigenvalue weighted by atomic mass is 10.1. The molecule has 182 valence electrons. The zero-order valence-corrected chi connectivity index (χ0v) is 20.9. The average molecular weight is 472 g/mol. The number of nitrogens with one attached hydrogen (secondary N) is 1. The molecule has 1 aliphatic heterocycles. The van der Waals surface area contributed by atoms with Crippen LogP contribution in [-0.2, 0) is 16.1 Å². The molecule has 0 aromatic heterocycles. The van der Waals surface area contributed by atoms with Gasteiger partial charge in [-0.15, -0.1) is 0 Å². The van der Waals surface area contributed by atoms with Gasteiger partial charge in [0.05, 0.1) is 5.69 Å². The summed E-state index contributed by atoms with van der Waals surface area (Å²) in [5.74, 6) is -0.298. The van der Waals surface area contributed by atoms with E-state index in [1.165, 1.54) is 0 Å². The summed E-state index contributed by atoms with van der Waals surface area (Å²) in [5, 5.41) is 4.83. The predicted molar refractivity (Wildman–Crippen MR) is 139 cm³/mol. The number of nitrogens with zero attached hydrogens (tertiary/aromatic N) is 2. The van der Waals surface area contributed by atoms with E-state index < -0.39 is 6.04 Å². The first kappa shape index (κ1) is 24.5. The molecule has 3 amide bonds. The SMILES string of the molecule is CC[C@@H](C(=O)NCC(C)C)N(Cc1cccc(C)c1)C(=O)CN1C(=O)c2cccc3cccc1c23. The Labute approximate surface area is 206 Å². The number of hydrogen-bond donors (Lipinski definition) is 1. The molecule has 1 atom stereocenters. The Balaban J connectivity index is 1.64. The van der Waals surface area contributed by atoms with Crippen molar-refractivity contribution < 1.29 is 14.4 Å². The molecule has 1 N–H and O–H groups in total. The van der Waals surface area contributed by atoms with Crippen LogP contribution in [0.15, 0.2) is 60.7 Å². The standard InChI is InChI=1S/C29H33N3O3/c1-5-24(28(34)30-16-19(2)3)31(17-21-10-6-9-20(4)15-21)26(33)18-32-25-14-8-12-22-11-7-13-23(27(22)25)29(32)35/h6-15,19,24H,5,16-18H2,1-4H3,(H,30,34)/t24-/m0/s1. The Bertz CT molecular complexity index is 1260. The van der Waals surface area contributed by atoms with E-state index in [9.17, 15) is 14.4 Å². The van der Waals surface area contributed by atoms with Gasteiger partial charge in [0, 0.05) is 24.0 Å². The van der Waals surface area contributed by atoms with Crippen molar-refractivity contribution in [2.45, 2.75) is 46.7 Å². The summed E-state index contributed by atoms with van der Waals surface area (Å²) < 4.78 is 0. The van der Waals surface area contributed by atoms with E-state index in [1.54, 1.807) is 15.9 Å². The molecule has 0 spiro atoms. The highest BCUT2D eigenvalue weighted by Crippen LogP contribution is 2.37. The van der Waals surface area contributed by atoms with Crippen molar-refractivity contribution in [2.24, 2.45) is 5.92 Å². The number of carbonyl (C=O) groups excluding carboxylic acids is 3. The average Bonchev–Trinajstić information content (AvgIpc) is 3.10. The van der Waals surface area contributed by atoms with Gasteiger partial charge in [-0.1, -0.05) is 74.9 Å². The van der Waals surface area contributed by atoms with Gasteiger partial charge in [-0.25, -0.2) is 0 Å². The molecular formula is C29H33N3O3. The monoisotopic (exact) mass is 471 g/mol. The van der Waals surface area contributed by atoms with Crippen LogP contribution in [0.25, 0.3) is 10.8 Å². The predicted octanol–water partition coefficient (Wildman–Crippen LogP) is 4.69. The molecule has 1 heterocycles. The van der Waals surface area contributed by atoms with E-state index in [2.05, 4.69) is 5.32 Å². The second-order valence-electron chi connectivity index (χ2n) is 9.65. The van der Waals surface area contributed by atoms with Crippen LogP contribution in [0.3, 0.4) is 0 Å². The fourth-order valence-electron chi connectivity index (χ4n) is 4.71. The second kappa shape index (κ2) is 10.3. The lowest BCUT2D eigenvalue weighted by molar-refractivity contribution is -0.140. The van der Waals surface area contributed by atoms with Crippen LogP contribution in [0.2, 0.25) is 0 Å². The molecule has 6 nitrogen and oxygen atoms in total. The number of hydrogen-bond acceptors (Lipinski definition) is 3. The molecule has 6 heteroatoms. The quantitative estimate of drug-likeness (QED) is 0.492. The van der Waals surface area contributed by atoms with Crippen molar-refractivity contribution in [3.8, 4) is 0 Å². The molecule has 3 aromatic rings. The van der Waals surface area contributed by atoms with Gasteiger partial charge in [0.1, 0.15) is 12.6 Å². The Kier molecular flexibility index (Phi) is 7.20. The van der Waals surface area contributed by atoms with Gasteiger partial charge in [0.15, 0.2) is 0 Å². The van der Waals surface area contributed by atoms with Crippen LogP contribution in [0.4, 0.5) is 5.69 Å². The van der Waals surface area contributed by atoms with Crippen molar-refractivity contribution in [3.05, 3.63) is 77.4 Å². The fourth-order valence-corrected chi connectivity index (χ4v) is 4.71. The molecular weight excluding hydrogens is 438 g/mol. The Hall–Kier alpha value is -3.67.